The lowest BCUT2D eigenvalue weighted by atomic mass is 10.2. The van der Waals surface area contributed by atoms with Crippen molar-refractivity contribution in [3.05, 3.63) is 60.4 Å². The maximum atomic E-state index is 12.9. The van der Waals surface area contributed by atoms with Crippen LogP contribution >= 0.6 is 0 Å². The van der Waals surface area contributed by atoms with E-state index in [1.54, 1.807) is 17.0 Å². The maximum absolute atomic E-state index is 12.9. The number of para-hydroxylation sites is 1. The molecule has 0 N–H and O–H groups in total. The van der Waals surface area contributed by atoms with Crippen LogP contribution in [0.1, 0.15) is 19.8 Å². The van der Waals surface area contributed by atoms with Crippen molar-refractivity contribution in [3.8, 4) is 5.75 Å². The third-order valence-electron chi connectivity index (χ3n) is 3.30. The molecule has 0 fully saturated rings. The highest BCUT2D eigenvalue weighted by molar-refractivity contribution is 5.93. The molecule has 0 saturated carbocycles. The third-order valence-corrected chi connectivity index (χ3v) is 3.30. The molecule has 2 rings (SSSR count). The summed E-state index contributed by atoms with van der Waals surface area (Å²) >= 11 is 0. The van der Waals surface area contributed by atoms with Gasteiger partial charge in [0.15, 0.2) is 0 Å². The Morgan fingerprint density at radius 2 is 1.77 bits per heavy atom. The molecule has 2 aromatic rings. The molecule has 1 amide bonds. The Labute approximate surface area is 130 Å². The zero-order chi connectivity index (χ0) is 15.8. The lowest BCUT2D eigenvalue weighted by molar-refractivity contribution is -0.118. The number of rotatable bonds is 7. The summed E-state index contributed by atoms with van der Waals surface area (Å²) in [5.74, 6) is 0.523. The quantitative estimate of drug-likeness (QED) is 0.722. The highest BCUT2D eigenvalue weighted by Gasteiger charge is 2.13. The average Bonchev–Trinajstić information content (AvgIpc) is 2.55. The van der Waals surface area contributed by atoms with E-state index in [0.717, 1.165) is 11.4 Å². The number of nitrogens with zero attached hydrogens (tertiary/aromatic N) is 1. The second-order valence-electron chi connectivity index (χ2n) is 4.88. The van der Waals surface area contributed by atoms with Crippen molar-refractivity contribution in [2.75, 3.05) is 18.1 Å². The van der Waals surface area contributed by atoms with Crippen molar-refractivity contribution < 1.29 is 13.9 Å². The smallest absolute Gasteiger partial charge is 0.227 e. The molecule has 0 saturated heterocycles. The summed E-state index contributed by atoms with van der Waals surface area (Å²) in [4.78, 5) is 13.9. The van der Waals surface area contributed by atoms with Gasteiger partial charge in [0.1, 0.15) is 11.6 Å². The van der Waals surface area contributed by atoms with Crippen LogP contribution in [0.25, 0.3) is 0 Å². The number of hydrogen-bond acceptors (Lipinski definition) is 2. The van der Waals surface area contributed by atoms with Gasteiger partial charge in [-0.2, -0.15) is 0 Å². The number of ether oxygens (including phenoxy) is 1. The maximum Gasteiger partial charge on any atom is 0.227 e. The van der Waals surface area contributed by atoms with Crippen molar-refractivity contribution >= 4 is 11.6 Å². The number of carbonyl (C=O) groups excluding carboxylic acids is 1. The van der Waals surface area contributed by atoms with Gasteiger partial charge >= 0.3 is 0 Å². The van der Waals surface area contributed by atoms with Crippen LogP contribution in [0.3, 0.4) is 0 Å². The first kappa shape index (κ1) is 16.0. The Hall–Kier alpha value is -2.36. The van der Waals surface area contributed by atoms with E-state index in [1.807, 2.05) is 37.3 Å². The zero-order valence-corrected chi connectivity index (χ0v) is 12.7. The third kappa shape index (κ3) is 4.58. The fourth-order valence-corrected chi connectivity index (χ4v) is 2.19. The SMILES string of the molecule is CCN(C(=O)CCCOc1ccccc1)c1ccc(F)cc1. The van der Waals surface area contributed by atoms with E-state index >= 15 is 0 Å². The van der Waals surface area contributed by atoms with Crippen LogP contribution in [0.2, 0.25) is 0 Å². The fourth-order valence-electron chi connectivity index (χ4n) is 2.19. The van der Waals surface area contributed by atoms with Gasteiger partial charge in [0, 0.05) is 18.7 Å². The first-order chi connectivity index (χ1) is 10.7. The van der Waals surface area contributed by atoms with E-state index in [1.165, 1.54) is 12.1 Å². The first-order valence-electron chi connectivity index (χ1n) is 7.44. The normalized spacial score (nSPS) is 10.3. The van der Waals surface area contributed by atoms with Gasteiger partial charge in [-0.3, -0.25) is 4.79 Å². The summed E-state index contributed by atoms with van der Waals surface area (Å²) in [6, 6.07) is 15.5. The zero-order valence-electron chi connectivity index (χ0n) is 12.7. The van der Waals surface area contributed by atoms with Crippen LogP contribution in [-0.2, 0) is 4.79 Å². The molecule has 0 spiro atoms. The van der Waals surface area contributed by atoms with Gasteiger partial charge in [-0.25, -0.2) is 4.39 Å². The monoisotopic (exact) mass is 301 g/mol. The van der Waals surface area contributed by atoms with Crippen LogP contribution in [0.4, 0.5) is 10.1 Å². The number of amides is 1. The molecule has 0 aliphatic heterocycles. The predicted molar refractivity (Wildman–Crippen MR) is 85.6 cm³/mol. The molecule has 0 aromatic heterocycles. The Balaban J connectivity index is 1.81. The lowest BCUT2D eigenvalue weighted by Gasteiger charge is -2.21. The van der Waals surface area contributed by atoms with E-state index < -0.39 is 0 Å². The summed E-state index contributed by atoms with van der Waals surface area (Å²) in [7, 11) is 0. The summed E-state index contributed by atoms with van der Waals surface area (Å²) in [6.45, 7) is 2.96. The standard InChI is InChI=1S/C18H20FNO2/c1-2-20(16-12-10-15(19)11-13-16)18(21)9-6-14-22-17-7-4-3-5-8-17/h3-5,7-8,10-13H,2,6,9,14H2,1H3. The van der Waals surface area contributed by atoms with Crippen LogP contribution in [-0.4, -0.2) is 19.1 Å². The molecule has 0 bridgehead atoms. The van der Waals surface area contributed by atoms with Gasteiger partial charge in [-0.05, 0) is 49.7 Å². The van der Waals surface area contributed by atoms with Crippen LogP contribution in [0.15, 0.2) is 54.6 Å². The lowest BCUT2D eigenvalue weighted by Crippen LogP contribution is -2.30. The highest BCUT2D eigenvalue weighted by atomic mass is 19.1. The molecule has 0 aliphatic rings. The van der Waals surface area contributed by atoms with Crippen molar-refractivity contribution in [2.45, 2.75) is 19.8 Å². The van der Waals surface area contributed by atoms with E-state index in [2.05, 4.69) is 0 Å². The minimum atomic E-state index is -0.302. The number of hydrogen-bond donors (Lipinski definition) is 0. The van der Waals surface area contributed by atoms with Crippen molar-refractivity contribution in [1.82, 2.24) is 0 Å². The van der Waals surface area contributed by atoms with Gasteiger partial charge in [0.2, 0.25) is 5.91 Å². The summed E-state index contributed by atoms with van der Waals surface area (Å²) in [5, 5.41) is 0. The Morgan fingerprint density at radius 1 is 1.09 bits per heavy atom. The average molecular weight is 301 g/mol. The molecule has 0 heterocycles. The Morgan fingerprint density at radius 3 is 2.41 bits per heavy atom. The molecule has 3 nitrogen and oxygen atoms in total. The Kier molecular flexibility index (Phi) is 5.95. The largest absolute Gasteiger partial charge is 0.494 e. The molecule has 0 aliphatic carbocycles. The first-order valence-corrected chi connectivity index (χ1v) is 7.44. The van der Waals surface area contributed by atoms with Gasteiger partial charge in [0.25, 0.3) is 0 Å². The van der Waals surface area contributed by atoms with Gasteiger partial charge in [-0.1, -0.05) is 18.2 Å². The fraction of sp³-hybridized carbons (Fsp3) is 0.278. The van der Waals surface area contributed by atoms with E-state index in [4.69, 9.17) is 4.74 Å². The molecule has 4 heteroatoms. The molecule has 22 heavy (non-hydrogen) atoms. The number of benzene rings is 2. The molecule has 0 radical (unpaired) electrons. The van der Waals surface area contributed by atoms with Crippen molar-refractivity contribution in [1.29, 1.82) is 0 Å². The molecule has 2 aromatic carbocycles. The van der Waals surface area contributed by atoms with Crippen molar-refractivity contribution in [3.63, 3.8) is 0 Å². The van der Waals surface area contributed by atoms with Crippen LogP contribution in [0.5, 0.6) is 5.75 Å². The van der Waals surface area contributed by atoms with E-state index in [0.29, 0.717) is 26.0 Å². The van der Waals surface area contributed by atoms with E-state index in [-0.39, 0.29) is 11.7 Å². The van der Waals surface area contributed by atoms with Gasteiger partial charge in [-0.15, -0.1) is 0 Å². The molecular formula is C18H20FNO2. The minimum Gasteiger partial charge on any atom is -0.494 e. The van der Waals surface area contributed by atoms with Crippen molar-refractivity contribution in [2.24, 2.45) is 0 Å². The highest BCUT2D eigenvalue weighted by Crippen LogP contribution is 2.16. The number of anilines is 1. The van der Waals surface area contributed by atoms with Gasteiger partial charge < -0.3 is 9.64 Å². The molecule has 0 unspecified atom stereocenters. The number of carbonyl (C=O) groups is 1. The molecule has 116 valence electrons. The second kappa shape index (κ2) is 8.17. The van der Waals surface area contributed by atoms with Gasteiger partial charge in [0.05, 0.1) is 6.61 Å². The molecule has 0 atom stereocenters. The van der Waals surface area contributed by atoms with Crippen LogP contribution < -0.4 is 9.64 Å². The number of halogens is 1. The molecular weight excluding hydrogens is 281 g/mol. The van der Waals surface area contributed by atoms with E-state index in [9.17, 15) is 9.18 Å². The predicted octanol–water partition coefficient (Wildman–Crippen LogP) is 4.04. The Bertz CT molecular complexity index is 584. The van der Waals surface area contributed by atoms with Crippen LogP contribution in [0, 0.1) is 5.82 Å². The summed E-state index contributed by atoms with van der Waals surface area (Å²) in [6.07, 6.45) is 1.05. The summed E-state index contributed by atoms with van der Waals surface area (Å²) < 4.78 is 18.5. The second-order valence-corrected chi connectivity index (χ2v) is 4.88. The summed E-state index contributed by atoms with van der Waals surface area (Å²) in [5.41, 5.74) is 0.720. The minimum absolute atomic E-state index is 0.0192. The topological polar surface area (TPSA) is 29.5 Å².